The molecule has 0 radical (unpaired) electrons. The molecule has 6 rings (SSSR count). The van der Waals surface area contributed by atoms with Crippen LogP contribution in [0.15, 0.2) is 83.9 Å². The van der Waals surface area contributed by atoms with Crippen LogP contribution in [0.3, 0.4) is 0 Å². The second kappa shape index (κ2) is 6.35. The van der Waals surface area contributed by atoms with Crippen molar-refractivity contribution in [2.24, 2.45) is 12.8 Å². The van der Waals surface area contributed by atoms with E-state index in [1.165, 1.54) is 0 Å². The number of ketones is 1. The van der Waals surface area contributed by atoms with E-state index < -0.39 is 5.41 Å². The van der Waals surface area contributed by atoms with Crippen LogP contribution in [0, 0.1) is 22.7 Å². The highest BCUT2D eigenvalue weighted by Gasteiger charge is 2.58. The van der Waals surface area contributed by atoms with Gasteiger partial charge in [0.1, 0.15) is 23.1 Å². The molecule has 0 saturated heterocycles. The molecule has 3 aromatic carbocycles. The lowest BCUT2D eigenvalue weighted by Crippen LogP contribution is -2.41. The SMILES string of the molecule is Cn1cc(C2=C(C#N)[C@@]3(C(=O)c4cccc5cccc3c45)C(C#N)=C(N)O2)c2ccccc21. The third kappa shape index (κ3) is 2.12. The largest absolute Gasteiger partial charge is 0.439 e. The minimum atomic E-state index is -1.65. The zero-order valence-electron chi connectivity index (χ0n) is 17.6. The van der Waals surface area contributed by atoms with E-state index in [1.54, 1.807) is 18.2 Å². The predicted octanol–water partition coefficient (Wildman–Crippen LogP) is 4.42. The van der Waals surface area contributed by atoms with E-state index in [2.05, 4.69) is 12.1 Å². The first-order valence-corrected chi connectivity index (χ1v) is 10.4. The van der Waals surface area contributed by atoms with E-state index in [-0.39, 0.29) is 28.6 Å². The Morgan fingerprint density at radius 2 is 1.67 bits per heavy atom. The zero-order chi connectivity index (χ0) is 22.9. The van der Waals surface area contributed by atoms with Crippen molar-refractivity contribution in [1.29, 1.82) is 10.5 Å². The molecule has 6 heteroatoms. The van der Waals surface area contributed by atoms with Gasteiger partial charge in [0.2, 0.25) is 5.88 Å². The van der Waals surface area contributed by atoms with Gasteiger partial charge in [0.05, 0.1) is 5.57 Å². The number of para-hydroxylation sites is 1. The molecule has 2 N–H and O–H groups in total. The Kier molecular flexibility index (Phi) is 3.64. The van der Waals surface area contributed by atoms with Gasteiger partial charge in [-0.3, -0.25) is 4.79 Å². The molecule has 2 aliphatic rings. The summed E-state index contributed by atoms with van der Waals surface area (Å²) in [7, 11) is 1.90. The van der Waals surface area contributed by atoms with Gasteiger partial charge < -0.3 is 15.0 Å². The summed E-state index contributed by atoms with van der Waals surface area (Å²) in [5.41, 5.74) is 7.28. The Labute approximate surface area is 189 Å². The van der Waals surface area contributed by atoms with E-state index in [9.17, 15) is 15.3 Å². The van der Waals surface area contributed by atoms with Crippen molar-refractivity contribution >= 4 is 33.2 Å². The van der Waals surface area contributed by atoms with Crippen molar-refractivity contribution in [3.05, 3.63) is 101 Å². The summed E-state index contributed by atoms with van der Waals surface area (Å²) < 4.78 is 7.88. The van der Waals surface area contributed by atoms with Crippen LogP contribution in [0.1, 0.15) is 21.5 Å². The van der Waals surface area contributed by atoms with E-state index in [1.807, 2.05) is 60.3 Å². The van der Waals surface area contributed by atoms with Crippen LogP contribution < -0.4 is 5.73 Å². The van der Waals surface area contributed by atoms with E-state index in [0.29, 0.717) is 16.7 Å². The molecule has 1 aliphatic heterocycles. The van der Waals surface area contributed by atoms with Crippen LogP contribution in [0.2, 0.25) is 0 Å². The molecule has 0 bridgehead atoms. The van der Waals surface area contributed by atoms with E-state index in [0.717, 1.165) is 21.7 Å². The number of hydrogen-bond donors (Lipinski definition) is 1. The quantitative estimate of drug-likeness (QED) is 0.483. The lowest BCUT2D eigenvalue weighted by molar-refractivity contribution is 0.0937. The number of ether oxygens (including phenoxy) is 1. The summed E-state index contributed by atoms with van der Waals surface area (Å²) in [6.07, 6.45) is 1.85. The van der Waals surface area contributed by atoms with Gasteiger partial charge in [-0.15, -0.1) is 0 Å². The van der Waals surface area contributed by atoms with Crippen molar-refractivity contribution < 1.29 is 9.53 Å². The number of nitrogens with two attached hydrogens (primary N) is 1. The minimum absolute atomic E-state index is 0.0586. The predicted molar refractivity (Wildman–Crippen MR) is 123 cm³/mol. The number of nitrogens with zero attached hydrogens (tertiary/aromatic N) is 3. The molecule has 0 fully saturated rings. The maximum Gasteiger partial charge on any atom is 0.206 e. The molecule has 1 aliphatic carbocycles. The average Bonchev–Trinajstić information content (AvgIpc) is 3.29. The van der Waals surface area contributed by atoms with Crippen molar-refractivity contribution in [3.63, 3.8) is 0 Å². The second-order valence-electron chi connectivity index (χ2n) is 8.23. The normalized spacial score (nSPS) is 19.3. The van der Waals surface area contributed by atoms with Gasteiger partial charge in [-0.25, -0.2) is 0 Å². The first kappa shape index (κ1) is 18.9. The highest BCUT2D eigenvalue weighted by Crippen LogP contribution is 2.55. The molecule has 4 aromatic rings. The summed E-state index contributed by atoms with van der Waals surface area (Å²) in [5.74, 6) is -0.312. The second-order valence-corrected chi connectivity index (χ2v) is 8.23. The molecular formula is C27H16N4O2. The fourth-order valence-corrected chi connectivity index (χ4v) is 5.34. The van der Waals surface area contributed by atoms with Crippen LogP contribution in [-0.2, 0) is 17.2 Å². The highest BCUT2D eigenvalue weighted by atomic mass is 16.5. The van der Waals surface area contributed by atoms with Crippen LogP contribution in [-0.4, -0.2) is 10.4 Å². The topological polar surface area (TPSA) is 105 Å². The molecule has 33 heavy (non-hydrogen) atoms. The lowest BCUT2D eigenvalue weighted by atomic mass is 9.67. The summed E-state index contributed by atoms with van der Waals surface area (Å²) in [5, 5.41) is 23.0. The Balaban J connectivity index is 1.79. The van der Waals surface area contributed by atoms with Gasteiger partial charge in [0.25, 0.3) is 0 Å². The van der Waals surface area contributed by atoms with Gasteiger partial charge in [-0.05, 0) is 22.4 Å². The van der Waals surface area contributed by atoms with Crippen LogP contribution in [0.5, 0.6) is 0 Å². The summed E-state index contributed by atoms with van der Waals surface area (Å²) >= 11 is 0. The van der Waals surface area contributed by atoms with Crippen LogP contribution in [0.4, 0.5) is 0 Å². The number of aryl methyl sites for hydroxylation is 1. The highest BCUT2D eigenvalue weighted by molar-refractivity contribution is 6.25. The molecule has 2 heterocycles. The van der Waals surface area contributed by atoms with Crippen molar-refractivity contribution in [2.45, 2.75) is 5.41 Å². The number of fused-ring (bicyclic) bond motifs is 2. The van der Waals surface area contributed by atoms with Crippen LogP contribution >= 0.6 is 0 Å². The Morgan fingerprint density at radius 1 is 0.939 bits per heavy atom. The number of hydrogen-bond acceptors (Lipinski definition) is 5. The van der Waals surface area contributed by atoms with E-state index >= 15 is 0 Å². The molecule has 1 spiro atoms. The molecule has 156 valence electrons. The fourth-order valence-electron chi connectivity index (χ4n) is 5.34. The Morgan fingerprint density at radius 3 is 2.42 bits per heavy atom. The van der Waals surface area contributed by atoms with Gasteiger partial charge in [-0.1, -0.05) is 54.6 Å². The number of carbonyl (C=O) groups is 1. The summed E-state index contributed by atoms with van der Waals surface area (Å²) in [4.78, 5) is 14.1. The first-order valence-electron chi connectivity index (χ1n) is 10.4. The van der Waals surface area contributed by atoms with Crippen molar-refractivity contribution in [2.75, 3.05) is 0 Å². The third-order valence-electron chi connectivity index (χ3n) is 6.69. The number of rotatable bonds is 1. The van der Waals surface area contributed by atoms with E-state index in [4.69, 9.17) is 10.5 Å². The minimum Gasteiger partial charge on any atom is -0.439 e. The number of benzene rings is 3. The molecule has 6 nitrogen and oxygen atoms in total. The number of carbonyl (C=O) groups excluding carboxylic acids is 1. The molecule has 0 saturated carbocycles. The van der Waals surface area contributed by atoms with Gasteiger partial charge >= 0.3 is 0 Å². The molecule has 0 unspecified atom stereocenters. The summed E-state index contributed by atoms with van der Waals surface area (Å²) in [6.45, 7) is 0. The van der Waals surface area contributed by atoms with Crippen molar-refractivity contribution in [3.8, 4) is 12.1 Å². The molecule has 0 amide bonds. The zero-order valence-corrected chi connectivity index (χ0v) is 17.6. The Hall–Kier alpha value is -4.81. The Bertz CT molecular complexity index is 1700. The molecule has 1 atom stereocenters. The average molecular weight is 428 g/mol. The molecular weight excluding hydrogens is 412 g/mol. The van der Waals surface area contributed by atoms with Crippen LogP contribution in [0.25, 0.3) is 27.4 Å². The van der Waals surface area contributed by atoms with Gasteiger partial charge in [0, 0.05) is 35.3 Å². The maximum atomic E-state index is 14.1. The fraction of sp³-hybridized carbons (Fsp3) is 0.0741. The van der Waals surface area contributed by atoms with Gasteiger partial charge in [-0.2, -0.15) is 10.5 Å². The van der Waals surface area contributed by atoms with Gasteiger partial charge in [0.15, 0.2) is 11.5 Å². The maximum absolute atomic E-state index is 14.1. The number of allylic oxidation sites excluding steroid dienone is 2. The number of Topliss-reactive ketones (excluding diaryl/α,β-unsaturated/α-hetero) is 1. The molecule has 1 aromatic heterocycles. The first-order chi connectivity index (χ1) is 16.0. The number of aromatic nitrogens is 1. The van der Waals surface area contributed by atoms with Crippen molar-refractivity contribution in [1.82, 2.24) is 4.57 Å². The monoisotopic (exact) mass is 428 g/mol. The third-order valence-corrected chi connectivity index (χ3v) is 6.69. The standard InChI is InChI=1S/C27H16N4O2/c1-31-14-18(16-8-2-3-11-22(16)31)24-20(12-28)27(21(13-29)26(30)33-24)19-10-5-7-15-6-4-9-17(23(15)19)25(27)32/h2-11,14H,30H2,1H3/t27-/m1/s1. The number of nitriles is 2. The lowest BCUT2D eigenvalue weighted by Gasteiger charge is -2.34. The summed E-state index contributed by atoms with van der Waals surface area (Å²) in [6, 6.07) is 23.0. The smallest absolute Gasteiger partial charge is 0.206 e.